The lowest BCUT2D eigenvalue weighted by atomic mass is 10.1. The van der Waals surface area contributed by atoms with E-state index in [0.717, 1.165) is 16.6 Å². The fourth-order valence-electron chi connectivity index (χ4n) is 1.34. The van der Waals surface area contributed by atoms with E-state index in [1.807, 2.05) is 37.3 Å². The van der Waals surface area contributed by atoms with E-state index >= 15 is 0 Å². The zero-order valence-electron chi connectivity index (χ0n) is 7.97. The van der Waals surface area contributed by atoms with E-state index in [0.29, 0.717) is 0 Å². The summed E-state index contributed by atoms with van der Waals surface area (Å²) in [6, 6.07) is 12.1. The van der Waals surface area contributed by atoms with Crippen LogP contribution in [-0.2, 0) is 0 Å². The molecule has 2 rings (SSSR count). The van der Waals surface area contributed by atoms with Crippen molar-refractivity contribution in [3.63, 3.8) is 0 Å². The second-order valence-corrected chi connectivity index (χ2v) is 3.22. The van der Waals surface area contributed by atoms with Crippen LogP contribution < -0.4 is 5.73 Å². The lowest BCUT2D eigenvalue weighted by molar-refractivity contribution is 0.787. The summed E-state index contributed by atoms with van der Waals surface area (Å²) in [5, 5.41) is 1.16. The summed E-state index contributed by atoms with van der Waals surface area (Å²) in [6.07, 6.45) is 0. The predicted octanol–water partition coefficient (Wildman–Crippen LogP) is 2.68. The van der Waals surface area contributed by atoms with E-state index in [9.17, 15) is 0 Å². The fraction of sp³-hybridized carbons (Fsp3) is 0.182. The number of benzene rings is 1. The Balaban J connectivity index is 0.000000980. The lowest BCUT2D eigenvalue weighted by Crippen LogP contribution is -2.06. The Morgan fingerprint density at radius 3 is 2.57 bits per heavy atom. The number of para-hydroxylation sites is 1. The van der Waals surface area contributed by atoms with E-state index in [1.54, 1.807) is 0 Å². The van der Waals surface area contributed by atoms with Crippen molar-refractivity contribution >= 4 is 23.3 Å². The number of aromatic nitrogens is 1. The van der Waals surface area contributed by atoms with Gasteiger partial charge in [0.25, 0.3) is 0 Å². The molecule has 0 aliphatic heterocycles. The van der Waals surface area contributed by atoms with E-state index in [2.05, 4.69) is 11.1 Å². The molecule has 0 bridgehead atoms. The number of halogens is 1. The maximum Gasteiger partial charge on any atom is 0.0706 e. The van der Waals surface area contributed by atoms with Gasteiger partial charge in [-0.1, -0.05) is 24.3 Å². The van der Waals surface area contributed by atoms with Crippen LogP contribution in [0.5, 0.6) is 0 Å². The first-order valence-electron chi connectivity index (χ1n) is 4.38. The molecular weight excluding hydrogens is 196 g/mol. The van der Waals surface area contributed by atoms with Crippen LogP contribution in [0, 0.1) is 0 Å². The van der Waals surface area contributed by atoms with Gasteiger partial charge in [-0.2, -0.15) is 0 Å². The average Bonchev–Trinajstić information content (AvgIpc) is 2.17. The van der Waals surface area contributed by atoms with Crippen LogP contribution in [0.15, 0.2) is 36.4 Å². The third-order valence-corrected chi connectivity index (χ3v) is 2.09. The second-order valence-electron chi connectivity index (χ2n) is 3.22. The highest BCUT2D eigenvalue weighted by Crippen LogP contribution is 2.14. The maximum absolute atomic E-state index is 5.74. The van der Waals surface area contributed by atoms with Gasteiger partial charge in [0.05, 0.1) is 11.2 Å². The minimum absolute atomic E-state index is 0. The van der Waals surface area contributed by atoms with Crippen LogP contribution in [0.25, 0.3) is 10.9 Å². The van der Waals surface area contributed by atoms with Crippen molar-refractivity contribution in [1.82, 2.24) is 4.98 Å². The number of rotatable bonds is 1. The van der Waals surface area contributed by atoms with Crippen LogP contribution in [0.1, 0.15) is 18.7 Å². The fourth-order valence-corrected chi connectivity index (χ4v) is 1.34. The molecule has 0 saturated heterocycles. The summed E-state index contributed by atoms with van der Waals surface area (Å²) in [6.45, 7) is 1.94. The molecule has 2 N–H and O–H groups in total. The number of pyridine rings is 1. The molecule has 2 nitrogen and oxygen atoms in total. The third-order valence-electron chi connectivity index (χ3n) is 2.09. The quantitative estimate of drug-likeness (QED) is 0.783. The monoisotopic (exact) mass is 208 g/mol. The molecule has 0 radical (unpaired) electrons. The zero-order valence-corrected chi connectivity index (χ0v) is 8.79. The van der Waals surface area contributed by atoms with Crippen LogP contribution >= 0.6 is 12.4 Å². The molecule has 1 aromatic heterocycles. The smallest absolute Gasteiger partial charge is 0.0706 e. The van der Waals surface area contributed by atoms with Crippen LogP contribution in [0.2, 0.25) is 0 Å². The van der Waals surface area contributed by atoms with E-state index in [1.165, 1.54) is 0 Å². The highest BCUT2D eigenvalue weighted by molar-refractivity contribution is 5.85. The first kappa shape index (κ1) is 11.0. The summed E-state index contributed by atoms with van der Waals surface area (Å²) in [7, 11) is 0. The minimum atomic E-state index is 0. The first-order chi connectivity index (χ1) is 6.27. The molecule has 0 fully saturated rings. The van der Waals surface area contributed by atoms with Crippen LogP contribution in [0.4, 0.5) is 0 Å². The Labute approximate surface area is 89.6 Å². The molecule has 3 heteroatoms. The van der Waals surface area contributed by atoms with Gasteiger partial charge in [0.1, 0.15) is 0 Å². The predicted molar refractivity (Wildman–Crippen MR) is 61.6 cm³/mol. The van der Waals surface area contributed by atoms with Crippen molar-refractivity contribution in [3.05, 3.63) is 42.1 Å². The number of fused-ring (bicyclic) bond motifs is 1. The molecule has 0 unspecified atom stereocenters. The molecule has 0 aliphatic rings. The van der Waals surface area contributed by atoms with Crippen LogP contribution in [-0.4, -0.2) is 4.98 Å². The Bertz CT molecular complexity index is 426. The molecule has 0 saturated carbocycles. The van der Waals surface area contributed by atoms with Gasteiger partial charge in [0.2, 0.25) is 0 Å². The van der Waals surface area contributed by atoms with Gasteiger partial charge in [-0.3, -0.25) is 4.98 Å². The van der Waals surface area contributed by atoms with Crippen molar-refractivity contribution < 1.29 is 0 Å². The van der Waals surface area contributed by atoms with Gasteiger partial charge in [0.15, 0.2) is 0 Å². The summed E-state index contributed by atoms with van der Waals surface area (Å²) in [4.78, 5) is 4.45. The number of nitrogens with zero attached hydrogens (tertiary/aromatic N) is 1. The Hall–Kier alpha value is -1.12. The summed E-state index contributed by atoms with van der Waals surface area (Å²) in [5.74, 6) is 0. The SMILES string of the molecule is C[C@@H](N)c1ccc2ccccc2n1.Cl. The second kappa shape index (κ2) is 4.40. The topological polar surface area (TPSA) is 38.9 Å². The third kappa shape index (κ3) is 2.03. The minimum Gasteiger partial charge on any atom is -0.323 e. The van der Waals surface area contributed by atoms with Gasteiger partial charge in [-0.15, -0.1) is 12.4 Å². The molecule has 1 heterocycles. The van der Waals surface area contributed by atoms with Gasteiger partial charge < -0.3 is 5.73 Å². The molecule has 0 amide bonds. The van der Waals surface area contributed by atoms with Crippen LogP contribution in [0.3, 0.4) is 0 Å². The van der Waals surface area contributed by atoms with Gasteiger partial charge >= 0.3 is 0 Å². The molecular formula is C11H13ClN2. The normalized spacial score (nSPS) is 12.1. The van der Waals surface area contributed by atoms with E-state index < -0.39 is 0 Å². The summed E-state index contributed by atoms with van der Waals surface area (Å²) >= 11 is 0. The van der Waals surface area contributed by atoms with Crippen molar-refractivity contribution in [1.29, 1.82) is 0 Å². The number of nitrogens with two attached hydrogens (primary N) is 1. The van der Waals surface area contributed by atoms with Gasteiger partial charge in [0, 0.05) is 11.4 Å². The molecule has 0 aliphatic carbocycles. The average molecular weight is 209 g/mol. The molecule has 0 spiro atoms. The number of hydrogen-bond donors (Lipinski definition) is 1. The molecule has 1 atom stereocenters. The maximum atomic E-state index is 5.74. The van der Waals surface area contributed by atoms with E-state index in [-0.39, 0.29) is 18.4 Å². The van der Waals surface area contributed by atoms with Gasteiger partial charge in [-0.05, 0) is 19.1 Å². The summed E-state index contributed by atoms with van der Waals surface area (Å²) in [5.41, 5.74) is 7.70. The molecule has 2 aromatic rings. The molecule has 74 valence electrons. The Kier molecular flexibility index (Phi) is 3.44. The van der Waals surface area contributed by atoms with Crippen molar-refractivity contribution in [2.45, 2.75) is 13.0 Å². The van der Waals surface area contributed by atoms with Gasteiger partial charge in [-0.25, -0.2) is 0 Å². The Morgan fingerprint density at radius 1 is 1.14 bits per heavy atom. The van der Waals surface area contributed by atoms with Crippen molar-refractivity contribution in [2.75, 3.05) is 0 Å². The number of hydrogen-bond acceptors (Lipinski definition) is 2. The Morgan fingerprint density at radius 2 is 1.86 bits per heavy atom. The van der Waals surface area contributed by atoms with E-state index in [4.69, 9.17) is 5.73 Å². The summed E-state index contributed by atoms with van der Waals surface area (Å²) < 4.78 is 0. The highest BCUT2D eigenvalue weighted by Gasteiger charge is 2.01. The standard InChI is InChI=1S/C11H12N2.ClH/c1-8(12)10-7-6-9-4-2-3-5-11(9)13-10;/h2-8H,12H2,1H3;1H/t8-;/m1./s1. The molecule has 1 aromatic carbocycles. The first-order valence-corrected chi connectivity index (χ1v) is 4.38. The lowest BCUT2D eigenvalue weighted by Gasteiger charge is -2.05. The molecule has 14 heavy (non-hydrogen) atoms. The largest absolute Gasteiger partial charge is 0.323 e. The zero-order chi connectivity index (χ0) is 9.26. The van der Waals surface area contributed by atoms with Crippen molar-refractivity contribution in [3.8, 4) is 0 Å². The van der Waals surface area contributed by atoms with Crippen molar-refractivity contribution in [2.24, 2.45) is 5.73 Å². The highest BCUT2D eigenvalue weighted by atomic mass is 35.5.